The lowest BCUT2D eigenvalue weighted by atomic mass is 10.0. The highest BCUT2D eigenvalue weighted by Gasteiger charge is 2.20. The van der Waals surface area contributed by atoms with Gasteiger partial charge >= 0.3 is 0 Å². The number of likely N-dealkylation sites (N-methyl/N-ethyl adjacent to an activating group) is 1. The van der Waals surface area contributed by atoms with Crippen LogP contribution in [0.1, 0.15) is 25.5 Å². The molecule has 3 rings (SSSR count). The predicted molar refractivity (Wildman–Crippen MR) is 105 cm³/mol. The molecule has 1 saturated heterocycles. The van der Waals surface area contributed by atoms with E-state index in [1.807, 2.05) is 12.3 Å². The highest BCUT2D eigenvalue weighted by molar-refractivity contribution is 5.45. The first-order chi connectivity index (χ1) is 12.2. The topological polar surface area (TPSA) is 31.4 Å². The molecule has 0 amide bonds. The molecule has 4 heteroatoms. The molecule has 134 valence electrons. The van der Waals surface area contributed by atoms with Gasteiger partial charge in [-0.1, -0.05) is 24.3 Å². The molecule has 1 atom stereocenters. The van der Waals surface area contributed by atoms with Gasteiger partial charge in [-0.2, -0.15) is 0 Å². The van der Waals surface area contributed by atoms with Crippen molar-refractivity contribution in [2.45, 2.75) is 38.4 Å². The number of aromatic nitrogens is 1. The second kappa shape index (κ2) is 8.97. The van der Waals surface area contributed by atoms with Crippen molar-refractivity contribution < 1.29 is 0 Å². The zero-order valence-corrected chi connectivity index (χ0v) is 15.4. The van der Waals surface area contributed by atoms with Crippen LogP contribution in [0.4, 0.5) is 5.69 Å². The Morgan fingerprint density at radius 3 is 2.52 bits per heavy atom. The molecular formula is C21H30N4. The lowest BCUT2D eigenvalue weighted by molar-refractivity contribution is 0.188. The monoisotopic (exact) mass is 338 g/mol. The van der Waals surface area contributed by atoms with E-state index < -0.39 is 0 Å². The zero-order chi connectivity index (χ0) is 17.5. The van der Waals surface area contributed by atoms with E-state index in [1.54, 1.807) is 0 Å². The summed E-state index contributed by atoms with van der Waals surface area (Å²) in [5.74, 6) is 0. The van der Waals surface area contributed by atoms with Crippen molar-refractivity contribution in [3.63, 3.8) is 0 Å². The van der Waals surface area contributed by atoms with Gasteiger partial charge in [0, 0.05) is 57.2 Å². The molecule has 1 aliphatic rings. The van der Waals surface area contributed by atoms with Gasteiger partial charge in [-0.05, 0) is 44.0 Å². The molecule has 2 aromatic rings. The van der Waals surface area contributed by atoms with Crippen LogP contribution in [0.5, 0.6) is 0 Å². The van der Waals surface area contributed by atoms with Crippen molar-refractivity contribution in [1.82, 2.24) is 15.2 Å². The number of pyridine rings is 1. The van der Waals surface area contributed by atoms with Crippen molar-refractivity contribution in [3.8, 4) is 0 Å². The minimum absolute atomic E-state index is 0.481. The molecule has 0 spiro atoms. The van der Waals surface area contributed by atoms with Gasteiger partial charge in [0.1, 0.15) is 0 Å². The second-order valence-electron chi connectivity index (χ2n) is 7.08. The maximum absolute atomic E-state index is 4.44. The number of para-hydroxylation sites is 1. The molecule has 0 radical (unpaired) electrons. The minimum atomic E-state index is 0.481. The number of nitrogens with zero attached hydrogens (tertiary/aromatic N) is 3. The van der Waals surface area contributed by atoms with E-state index in [0.717, 1.165) is 26.2 Å². The Kier molecular flexibility index (Phi) is 6.42. The molecule has 0 unspecified atom stereocenters. The molecule has 4 nitrogen and oxygen atoms in total. The van der Waals surface area contributed by atoms with E-state index in [1.165, 1.54) is 24.2 Å². The number of hydrogen-bond donors (Lipinski definition) is 1. The van der Waals surface area contributed by atoms with Crippen LogP contribution < -0.4 is 10.2 Å². The summed E-state index contributed by atoms with van der Waals surface area (Å²) in [6, 6.07) is 17.9. The molecule has 0 bridgehead atoms. The van der Waals surface area contributed by atoms with Crippen molar-refractivity contribution in [3.05, 3.63) is 60.4 Å². The minimum Gasteiger partial charge on any atom is -0.371 e. The predicted octanol–water partition coefficient (Wildman–Crippen LogP) is 3.16. The largest absolute Gasteiger partial charge is 0.371 e. The Hall–Kier alpha value is -1.91. The maximum Gasteiger partial charge on any atom is 0.0543 e. The lowest BCUT2D eigenvalue weighted by Gasteiger charge is -2.34. The van der Waals surface area contributed by atoms with E-state index in [0.29, 0.717) is 12.1 Å². The maximum atomic E-state index is 4.44. The van der Waals surface area contributed by atoms with Crippen molar-refractivity contribution >= 4 is 5.69 Å². The summed E-state index contributed by atoms with van der Waals surface area (Å²) in [7, 11) is 2.18. The second-order valence-corrected chi connectivity index (χ2v) is 7.08. The van der Waals surface area contributed by atoms with E-state index in [9.17, 15) is 0 Å². The van der Waals surface area contributed by atoms with Crippen LogP contribution in [0, 0.1) is 0 Å². The summed E-state index contributed by atoms with van der Waals surface area (Å²) in [5.41, 5.74) is 2.45. The van der Waals surface area contributed by atoms with Gasteiger partial charge in [0.05, 0.1) is 5.69 Å². The lowest BCUT2D eigenvalue weighted by Crippen LogP contribution is -2.46. The van der Waals surface area contributed by atoms with Crippen LogP contribution >= 0.6 is 0 Å². The molecule has 1 aromatic heterocycles. The Balaban J connectivity index is 1.39. The van der Waals surface area contributed by atoms with Crippen LogP contribution in [0.3, 0.4) is 0 Å². The molecule has 1 aliphatic heterocycles. The highest BCUT2D eigenvalue weighted by atomic mass is 15.2. The summed E-state index contributed by atoms with van der Waals surface area (Å²) in [5, 5.41) is 3.77. The Morgan fingerprint density at radius 2 is 1.84 bits per heavy atom. The molecule has 1 fully saturated rings. The van der Waals surface area contributed by atoms with Crippen LogP contribution in [-0.4, -0.2) is 48.6 Å². The van der Waals surface area contributed by atoms with Crippen LogP contribution in [0.15, 0.2) is 54.7 Å². The Bertz CT molecular complexity index is 608. The first kappa shape index (κ1) is 17.9. The third-order valence-electron chi connectivity index (χ3n) is 5.23. The molecule has 0 saturated carbocycles. The van der Waals surface area contributed by atoms with E-state index in [4.69, 9.17) is 0 Å². The summed E-state index contributed by atoms with van der Waals surface area (Å²) in [6.45, 7) is 6.58. The van der Waals surface area contributed by atoms with Crippen LogP contribution in [-0.2, 0) is 6.54 Å². The normalized spacial score (nSPS) is 17.4. The Morgan fingerprint density at radius 1 is 1.12 bits per heavy atom. The number of hydrogen-bond acceptors (Lipinski definition) is 4. The first-order valence-corrected chi connectivity index (χ1v) is 9.36. The van der Waals surface area contributed by atoms with E-state index in [2.05, 4.69) is 76.5 Å². The quantitative estimate of drug-likeness (QED) is 0.840. The molecule has 1 aromatic carbocycles. The van der Waals surface area contributed by atoms with Crippen molar-refractivity contribution in [1.29, 1.82) is 0 Å². The number of rotatable bonds is 7. The van der Waals surface area contributed by atoms with Gasteiger partial charge in [-0.3, -0.25) is 9.88 Å². The summed E-state index contributed by atoms with van der Waals surface area (Å²) in [6.07, 6.45) is 4.32. The number of likely N-dealkylation sites (tertiary alicyclic amines) is 1. The number of benzene rings is 1. The number of anilines is 1. The molecule has 0 aliphatic carbocycles. The average molecular weight is 338 g/mol. The fourth-order valence-corrected chi connectivity index (χ4v) is 3.41. The van der Waals surface area contributed by atoms with Crippen LogP contribution in [0.25, 0.3) is 0 Å². The van der Waals surface area contributed by atoms with E-state index >= 15 is 0 Å². The number of nitrogens with one attached hydrogen (secondary N) is 1. The zero-order valence-electron chi connectivity index (χ0n) is 15.4. The SMILES string of the molecule is C[C@@H](CNC1CCN(Cc2ccccn2)CC1)N(C)c1ccccc1. The molecule has 25 heavy (non-hydrogen) atoms. The third-order valence-corrected chi connectivity index (χ3v) is 5.23. The van der Waals surface area contributed by atoms with Crippen molar-refractivity contribution in [2.75, 3.05) is 31.6 Å². The first-order valence-electron chi connectivity index (χ1n) is 9.36. The van der Waals surface area contributed by atoms with Gasteiger partial charge in [0.15, 0.2) is 0 Å². The summed E-state index contributed by atoms with van der Waals surface area (Å²) < 4.78 is 0. The van der Waals surface area contributed by atoms with E-state index in [-0.39, 0.29) is 0 Å². The molecular weight excluding hydrogens is 308 g/mol. The molecule has 2 heterocycles. The summed E-state index contributed by atoms with van der Waals surface area (Å²) >= 11 is 0. The average Bonchev–Trinajstić information content (AvgIpc) is 2.68. The van der Waals surface area contributed by atoms with Gasteiger partial charge in [0.25, 0.3) is 0 Å². The van der Waals surface area contributed by atoms with Gasteiger partial charge in [0.2, 0.25) is 0 Å². The van der Waals surface area contributed by atoms with Gasteiger partial charge in [-0.15, -0.1) is 0 Å². The standard InChI is InChI=1S/C21H30N4/c1-18(24(2)21-9-4-3-5-10-21)16-23-19-11-14-25(15-12-19)17-20-8-6-7-13-22-20/h3-10,13,18-19,23H,11-12,14-17H2,1-2H3/t18-/m0/s1. The van der Waals surface area contributed by atoms with Crippen molar-refractivity contribution in [2.24, 2.45) is 0 Å². The summed E-state index contributed by atoms with van der Waals surface area (Å²) in [4.78, 5) is 9.30. The smallest absolute Gasteiger partial charge is 0.0543 e. The fraction of sp³-hybridized carbons (Fsp3) is 0.476. The van der Waals surface area contributed by atoms with Gasteiger partial charge in [-0.25, -0.2) is 0 Å². The highest BCUT2D eigenvalue weighted by Crippen LogP contribution is 2.15. The number of piperidine rings is 1. The fourth-order valence-electron chi connectivity index (χ4n) is 3.41. The van der Waals surface area contributed by atoms with Crippen LogP contribution in [0.2, 0.25) is 0 Å². The van der Waals surface area contributed by atoms with Gasteiger partial charge < -0.3 is 10.2 Å². The molecule has 1 N–H and O–H groups in total. The third kappa shape index (κ3) is 5.28. The Labute approximate surface area is 151 Å².